The van der Waals surface area contributed by atoms with Crippen LogP contribution in [0.25, 0.3) is 0 Å². The number of aliphatic hydroxyl groups excluding tert-OH is 2. The Morgan fingerprint density at radius 3 is 2.38 bits per heavy atom. The van der Waals surface area contributed by atoms with Gasteiger partial charge in [-0.3, -0.25) is 0 Å². The molecule has 3 aliphatic carbocycles. The highest BCUT2D eigenvalue weighted by molar-refractivity contribution is 5.38. The van der Waals surface area contributed by atoms with Crippen molar-refractivity contribution in [2.45, 2.75) is 127 Å². The average molecular weight is 613 g/mol. The largest absolute Gasteiger partial charge is 0.438 e. The van der Waals surface area contributed by atoms with Gasteiger partial charge in [0.2, 0.25) is 0 Å². The molecule has 0 spiro atoms. The van der Waals surface area contributed by atoms with E-state index in [9.17, 15) is 46.8 Å². The Bertz CT molecular complexity index is 1280. The number of fused-ring (bicyclic) bond motifs is 1. The van der Waals surface area contributed by atoms with Gasteiger partial charge in [-0.1, -0.05) is 43.6 Å². The molecule has 238 valence electrons. The number of hydrogen-bond acceptors (Lipinski definition) is 4. The number of aliphatic hydroxyl groups is 4. The Labute approximate surface area is 253 Å². The molecule has 3 saturated carbocycles. The van der Waals surface area contributed by atoms with E-state index in [2.05, 4.69) is 6.58 Å². The molecule has 0 amide bonds. The maximum atomic E-state index is 13.3. The molecule has 6 atom stereocenters. The third kappa shape index (κ3) is 7.64. The summed E-state index contributed by atoms with van der Waals surface area (Å²) in [5, 5.41) is 40.6. The fourth-order valence-corrected chi connectivity index (χ4v) is 7.20. The van der Waals surface area contributed by atoms with Gasteiger partial charge in [0.25, 0.3) is 0 Å². The van der Waals surface area contributed by atoms with E-state index >= 15 is 0 Å². The second-order valence-electron chi connectivity index (χ2n) is 12.4. The Morgan fingerprint density at radius 2 is 1.76 bits per heavy atom. The fourth-order valence-electron chi connectivity index (χ4n) is 7.20. The first-order valence-electron chi connectivity index (χ1n) is 17.2. The van der Waals surface area contributed by atoms with E-state index in [1.807, 2.05) is 25.0 Å². The average Bonchev–Trinajstić information content (AvgIpc) is 3.28. The zero-order valence-electron chi connectivity index (χ0n) is 29.6. The molecular formula is C32H44F6O4. The minimum absolute atomic E-state index is 0.0424. The first-order valence-corrected chi connectivity index (χ1v) is 14.2. The number of alkyl halides is 6. The summed E-state index contributed by atoms with van der Waals surface area (Å²) in [6.45, 7) is -0.707. The van der Waals surface area contributed by atoms with Crippen LogP contribution in [-0.4, -0.2) is 56.2 Å². The zero-order chi connectivity index (χ0) is 36.7. The highest BCUT2D eigenvalue weighted by Crippen LogP contribution is 2.60. The first kappa shape index (κ1) is 26.6. The van der Waals surface area contributed by atoms with Crippen molar-refractivity contribution in [3.8, 4) is 11.8 Å². The van der Waals surface area contributed by atoms with Crippen LogP contribution in [0.1, 0.15) is 99.5 Å². The van der Waals surface area contributed by atoms with Gasteiger partial charge in [0.1, 0.15) is 0 Å². The smallest absolute Gasteiger partial charge is 0.393 e. The van der Waals surface area contributed by atoms with Crippen LogP contribution >= 0.6 is 0 Å². The van der Waals surface area contributed by atoms with Gasteiger partial charge in [-0.25, -0.2) is 0 Å². The quantitative estimate of drug-likeness (QED) is 0.186. The molecule has 4 nitrogen and oxygen atoms in total. The third-order valence-electron chi connectivity index (χ3n) is 9.44. The molecule has 10 heteroatoms. The first-order chi connectivity index (χ1) is 21.7. The second-order valence-corrected chi connectivity index (χ2v) is 12.4. The summed E-state index contributed by atoms with van der Waals surface area (Å²) in [6.07, 6.45) is -7.99. The van der Waals surface area contributed by atoms with Crippen molar-refractivity contribution in [1.82, 2.24) is 0 Å². The van der Waals surface area contributed by atoms with Gasteiger partial charge in [-0.15, -0.1) is 0 Å². The van der Waals surface area contributed by atoms with E-state index in [4.69, 9.17) is 8.22 Å². The molecule has 0 aromatic heterocycles. The van der Waals surface area contributed by atoms with E-state index < -0.39 is 73.6 Å². The number of rotatable bonds is 7. The lowest BCUT2D eigenvalue weighted by Crippen LogP contribution is -2.55. The maximum absolute atomic E-state index is 13.3. The molecule has 0 saturated heterocycles. The van der Waals surface area contributed by atoms with Crippen LogP contribution in [0.3, 0.4) is 0 Å². The zero-order valence-corrected chi connectivity index (χ0v) is 23.6. The lowest BCUT2D eigenvalue weighted by Gasteiger charge is -2.45. The fraction of sp³-hybridized carbons (Fsp3) is 0.750. The number of halogens is 6. The van der Waals surface area contributed by atoms with E-state index in [0.29, 0.717) is 49.7 Å². The maximum Gasteiger partial charge on any atom is 0.438 e. The van der Waals surface area contributed by atoms with Gasteiger partial charge in [-0.05, 0) is 105 Å². The molecule has 0 aliphatic heterocycles. The van der Waals surface area contributed by atoms with Crippen LogP contribution in [0.2, 0.25) is 0 Å². The summed E-state index contributed by atoms with van der Waals surface area (Å²) in [4.78, 5) is 0. The molecule has 3 fully saturated rings. The topological polar surface area (TPSA) is 80.9 Å². The summed E-state index contributed by atoms with van der Waals surface area (Å²) < 4.78 is 126. The summed E-state index contributed by atoms with van der Waals surface area (Å²) in [5.41, 5.74) is -6.62. The minimum Gasteiger partial charge on any atom is -0.393 e. The van der Waals surface area contributed by atoms with Crippen LogP contribution in [0.5, 0.6) is 0 Å². The molecule has 0 aromatic rings. The Hall–Kier alpha value is -1.80. The van der Waals surface area contributed by atoms with Crippen molar-refractivity contribution in [3.05, 3.63) is 35.5 Å². The number of allylic oxidation sites excluding steroid dienone is 3. The SMILES string of the molecule is [2H]C([2H])([2H])C(O)(CCC[C@H](CC#CC(O)(C(F)(F)F)C(F)(F)F)[C@H]1CC[C@H]2/C(=C/C=C3/C[C@@H](O)C[C@H](O)C3=C)CCC[C@]12C)C([2H])([2H])[2H]. The van der Waals surface area contributed by atoms with Gasteiger partial charge in [0, 0.05) is 21.1 Å². The summed E-state index contributed by atoms with van der Waals surface area (Å²) in [5.74, 6) is 1.83. The van der Waals surface area contributed by atoms with Crippen molar-refractivity contribution >= 4 is 0 Å². The van der Waals surface area contributed by atoms with Gasteiger partial charge >= 0.3 is 18.0 Å². The Morgan fingerprint density at radius 1 is 1.10 bits per heavy atom. The van der Waals surface area contributed by atoms with Crippen molar-refractivity contribution in [3.63, 3.8) is 0 Å². The van der Waals surface area contributed by atoms with Crippen LogP contribution in [0.15, 0.2) is 35.5 Å². The van der Waals surface area contributed by atoms with Crippen molar-refractivity contribution < 1.29 is 55.0 Å². The molecule has 4 N–H and O–H groups in total. The van der Waals surface area contributed by atoms with Crippen molar-refractivity contribution in [2.75, 3.05) is 0 Å². The molecule has 42 heavy (non-hydrogen) atoms. The highest BCUT2D eigenvalue weighted by Gasteiger charge is 2.70. The second kappa shape index (κ2) is 12.7. The molecule has 0 unspecified atom stereocenters. The Kier molecular flexibility index (Phi) is 8.02. The predicted molar refractivity (Wildman–Crippen MR) is 148 cm³/mol. The molecule has 0 radical (unpaired) electrons. The van der Waals surface area contributed by atoms with Gasteiger partial charge < -0.3 is 20.4 Å². The van der Waals surface area contributed by atoms with Crippen LogP contribution in [0, 0.1) is 35.0 Å². The standard InChI is InChI=1S/C32H44F6O4/c1-20-23(18-24(39)19-27(20)40)12-11-22-9-6-16-29(4)25(13-14-26(22)29)21(8-5-15-28(2,3)41)10-7-17-30(42,31(33,34)35)32(36,37)38/h11-12,21,24-27,39-42H,1,5-6,8-10,13-16,18-19H2,2-4H3/b22-11+,23-12-/t21-,24-,25-,26+,27+,29-/m1/s1/i2D3,3D3. The lowest BCUT2D eigenvalue weighted by atomic mass is 9.60. The summed E-state index contributed by atoms with van der Waals surface area (Å²) >= 11 is 0. The van der Waals surface area contributed by atoms with E-state index in [1.165, 1.54) is 0 Å². The van der Waals surface area contributed by atoms with Gasteiger partial charge in [-0.2, -0.15) is 26.3 Å². The normalized spacial score (nSPS) is 34.8. The summed E-state index contributed by atoms with van der Waals surface area (Å²) in [6, 6.07) is 0. The molecular weight excluding hydrogens is 562 g/mol. The molecule has 3 rings (SSSR count). The van der Waals surface area contributed by atoms with E-state index in [0.717, 1.165) is 11.5 Å². The third-order valence-corrected chi connectivity index (χ3v) is 9.44. The predicted octanol–water partition coefficient (Wildman–Crippen LogP) is 6.93. The van der Waals surface area contributed by atoms with Crippen molar-refractivity contribution in [2.24, 2.45) is 23.2 Å². The lowest BCUT2D eigenvalue weighted by molar-refractivity contribution is -0.343. The minimum atomic E-state index is -6.14. The number of hydrogen-bond donors (Lipinski definition) is 4. The van der Waals surface area contributed by atoms with Crippen LogP contribution in [0.4, 0.5) is 26.3 Å². The van der Waals surface area contributed by atoms with Crippen molar-refractivity contribution in [1.29, 1.82) is 0 Å². The van der Waals surface area contributed by atoms with Gasteiger partial charge in [0.15, 0.2) is 0 Å². The molecule has 3 aliphatic rings. The highest BCUT2D eigenvalue weighted by atomic mass is 19.4. The van der Waals surface area contributed by atoms with E-state index in [-0.39, 0.29) is 31.1 Å². The monoisotopic (exact) mass is 612 g/mol. The van der Waals surface area contributed by atoms with Crippen LogP contribution < -0.4 is 0 Å². The van der Waals surface area contributed by atoms with Gasteiger partial charge in [0.05, 0.1) is 17.8 Å². The summed E-state index contributed by atoms with van der Waals surface area (Å²) in [7, 11) is 0. The van der Waals surface area contributed by atoms with E-state index in [1.54, 1.807) is 0 Å². The molecule has 0 heterocycles. The Balaban J connectivity index is 1.97. The molecule has 0 aromatic carbocycles. The van der Waals surface area contributed by atoms with Crippen LogP contribution in [-0.2, 0) is 0 Å². The molecule has 0 bridgehead atoms.